The summed E-state index contributed by atoms with van der Waals surface area (Å²) in [6.07, 6.45) is 0. The fourth-order valence-corrected chi connectivity index (χ4v) is 2.60. The van der Waals surface area contributed by atoms with Crippen molar-refractivity contribution < 1.29 is 4.79 Å². The third-order valence-corrected chi connectivity index (χ3v) is 3.87. The Balaban J connectivity index is 2.15. The molecule has 0 aliphatic carbocycles. The van der Waals surface area contributed by atoms with Crippen LogP contribution in [0.15, 0.2) is 29.4 Å². The summed E-state index contributed by atoms with van der Waals surface area (Å²) < 4.78 is 2.00. The highest BCUT2D eigenvalue weighted by Gasteiger charge is 2.12. The lowest BCUT2D eigenvalue weighted by atomic mass is 10.2. The van der Waals surface area contributed by atoms with Gasteiger partial charge in [0.05, 0.1) is 11.3 Å². The average molecular weight is 272 g/mol. The zero-order valence-electron chi connectivity index (χ0n) is 10.6. The van der Waals surface area contributed by atoms with Crippen molar-refractivity contribution >= 4 is 39.6 Å². The number of hydrogen-bond donors (Lipinski definition) is 0. The lowest BCUT2D eigenvalue weighted by Gasteiger charge is -1.98. The predicted molar refractivity (Wildman–Crippen MR) is 75.2 cm³/mol. The Hall–Kier alpha value is -1.95. The van der Waals surface area contributed by atoms with E-state index in [2.05, 4.69) is 15.2 Å². The van der Waals surface area contributed by atoms with Crippen LogP contribution in [0, 0.1) is 0 Å². The van der Waals surface area contributed by atoms with Gasteiger partial charge in [-0.1, -0.05) is 30.0 Å². The molecule has 96 valence electrons. The van der Waals surface area contributed by atoms with Crippen molar-refractivity contribution in [1.29, 1.82) is 0 Å². The molecule has 0 aliphatic rings. The highest BCUT2D eigenvalue weighted by atomic mass is 32.2. The summed E-state index contributed by atoms with van der Waals surface area (Å²) in [6, 6.07) is 8.00. The highest BCUT2D eigenvalue weighted by molar-refractivity contribution is 7.99. The van der Waals surface area contributed by atoms with Crippen LogP contribution in [-0.2, 0) is 11.8 Å². The lowest BCUT2D eigenvalue weighted by Crippen LogP contribution is -1.99. The maximum atomic E-state index is 11.0. The molecule has 0 radical (unpaired) electrons. The molecule has 2 aromatic heterocycles. The van der Waals surface area contributed by atoms with Gasteiger partial charge >= 0.3 is 0 Å². The molecule has 2 heterocycles. The largest absolute Gasteiger partial charge is 0.327 e. The SMILES string of the molecule is CC(=O)CSc1nnc2c3ccccc3n(C)c2n1. The van der Waals surface area contributed by atoms with Crippen LogP contribution in [-0.4, -0.2) is 31.3 Å². The first-order valence-electron chi connectivity index (χ1n) is 5.87. The van der Waals surface area contributed by atoms with Gasteiger partial charge in [-0.25, -0.2) is 4.98 Å². The number of fused-ring (bicyclic) bond motifs is 3. The van der Waals surface area contributed by atoms with Gasteiger partial charge in [0, 0.05) is 12.4 Å². The molecule has 3 rings (SSSR count). The van der Waals surface area contributed by atoms with Gasteiger partial charge in [-0.05, 0) is 13.0 Å². The van der Waals surface area contributed by atoms with Crippen molar-refractivity contribution in [1.82, 2.24) is 19.7 Å². The Morgan fingerprint density at radius 3 is 2.89 bits per heavy atom. The van der Waals surface area contributed by atoms with Crippen LogP contribution in [0.5, 0.6) is 0 Å². The van der Waals surface area contributed by atoms with Crippen molar-refractivity contribution in [3.8, 4) is 0 Å². The minimum Gasteiger partial charge on any atom is -0.327 e. The third kappa shape index (κ3) is 2.08. The molecule has 19 heavy (non-hydrogen) atoms. The Morgan fingerprint density at radius 1 is 1.32 bits per heavy atom. The molecule has 0 bridgehead atoms. The standard InChI is InChI=1S/C13H12N4OS/c1-8(18)7-19-13-14-12-11(15-16-13)9-5-3-4-6-10(9)17(12)2/h3-6H,7H2,1-2H3. The van der Waals surface area contributed by atoms with E-state index in [1.54, 1.807) is 6.92 Å². The van der Waals surface area contributed by atoms with E-state index >= 15 is 0 Å². The van der Waals surface area contributed by atoms with E-state index in [0.29, 0.717) is 10.9 Å². The number of hydrogen-bond acceptors (Lipinski definition) is 5. The van der Waals surface area contributed by atoms with Crippen molar-refractivity contribution in [2.75, 3.05) is 5.75 Å². The Labute approximate surface area is 114 Å². The number of Topliss-reactive ketones (excluding diaryl/α,β-unsaturated/α-hetero) is 1. The van der Waals surface area contributed by atoms with Crippen LogP contribution in [0.25, 0.3) is 22.1 Å². The lowest BCUT2D eigenvalue weighted by molar-refractivity contribution is -0.114. The number of nitrogens with zero attached hydrogens (tertiary/aromatic N) is 4. The normalized spacial score (nSPS) is 11.3. The van der Waals surface area contributed by atoms with Crippen LogP contribution in [0.3, 0.4) is 0 Å². The van der Waals surface area contributed by atoms with E-state index in [4.69, 9.17) is 0 Å². The van der Waals surface area contributed by atoms with Crippen molar-refractivity contribution in [2.45, 2.75) is 12.1 Å². The Morgan fingerprint density at radius 2 is 2.11 bits per heavy atom. The summed E-state index contributed by atoms with van der Waals surface area (Å²) in [5, 5.41) is 9.90. The molecule has 0 amide bonds. The van der Waals surface area contributed by atoms with Crippen LogP contribution in [0.4, 0.5) is 0 Å². The van der Waals surface area contributed by atoms with Gasteiger partial charge in [0.2, 0.25) is 5.16 Å². The maximum Gasteiger partial charge on any atom is 0.211 e. The van der Waals surface area contributed by atoms with E-state index in [0.717, 1.165) is 22.1 Å². The second kappa shape index (κ2) is 4.62. The van der Waals surface area contributed by atoms with Gasteiger partial charge in [-0.3, -0.25) is 4.79 Å². The molecule has 0 atom stereocenters. The second-order valence-electron chi connectivity index (χ2n) is 4.33. The van der Waals surface area contributed by atoms with Crippen molar-refractivity contribution in [2.24, 2.45) is 7.05 Å². The fourth-order valence-electron chi connectivity index (χ4n) is 2.02. The zero-order valence-corrected chi connectivity index (χ0v) is 11.4. The number of ketones is 1. The smallest absolute Gasteiger partial charge is 0.211 e. The van der Waals surface area contributed by atoms with E-state index in [-0.39, 0.29) is 5.78 Å². The van der Waals surface area contributed by atoms with Gasteiger partial charge < -0.3 is 4.57 Å². The van der Waals surface area contributed by atoms with E-state index in [9.17, 15) is 4.79 Å². The molecule has 0 aliphatic heterocycles. The van der Waals surface area contributed by atoms with Gasteiger partial charge in [0.15, 0.2) is 5.65 Å². The molecule has 1 aromatic carbocycles. The molecule has 0 unspecified atom stereocenters. The minimum atomic E-state index is 0.103. The summed E-state index contributed by atoms with van der Waals surface area (Å²) in [7, 11) is 1.96. The summed E-state index contributed by atoms with van der Waals surface area (Å²) in [5.74, 6) is 0.475. The summed E-state index contributed by atoms with van der Waals surface area (Å²) in [4.78, 5) is 15.5. The highest BCUT2D eigenvalue weighted by Crippen LogP contribution is 2.25. The van der Waals surface area contributed by atoms with Crippen LogP contribution in [0.2, 0.25) is 0 Å². The van der Waals surface area contributed by atoms with Gasteiger partial charge in [0.1, 0.15) is 11.3 Å². The molecular formula is C13H12N4OS. The molecule has 3 aromatic rings. The summed E-state index contributed by atoms with van der Waals surface area (Å²) in [6.45, 7) is 1.55. The molecule has 0 spiro atoms. The topological polar surface area (TPSA) is 60.7 Å². The number of aryl methyl sites for hydroxylation is 1. The van der Waals surface area contributed by atoms with Crippen LogP contribution < -0.4 is 0 Å². The molecule has 5 nitrogen and oxygen atoms in total. The number of benzene rings is 1. The number of para-hydroxylation sites is 1. The van der Waals surface area contributed by atoms with Crippen molar-refractivity contribution in [3.05, 3.63) is 24.3 Å². The van der Waals surface area contributed by atoms with Crippen LogP contribution in [0.1, 0.15) is 6.92 Å². The average Bonchev–Trinajstić information content (AvgIpc) is 2.71. The minimum absolute atomic E-state index is 0.103. The fraction of sp³-hybridized carbons (Fsp3) is 0.231. The zero-order chi connectivity index (χ0) is 13.4. The molecule has 0 N–H and O–H groups in total. The van der Waals surface area contributed by atoms with E-state index in [1.165, 1.54) is 11.8 Å². The first-order chi connectivity index (χ1) is 9.16. The molecule has 0 fully saturated rings. The maximum absolute atomic E-state index is 11.0. The third-order valence-electron chi connectivity index (χ3n) is 2.89. The molecule has 0 saturated carbocycles. The number of carbonyl (C=O) groups excluding carboxylic acids is 1. The first kappa shape index (κ1) is 12.1. The molecular weight excluding hydrogens is 260 g/mol. The summed E-state index contributed by atoms with van der Waals surface area (Å²) in [5.41, 5.74) is 2.67. The quantitative estimate of drug-likeness (QED) is 0.684. The Bertz CT molecular complexity index is 781. The number of thioether (sulfide) groups is 1. The molecule has 6 heteroatoms. The van der Waals surface area contributed by atoms with E-state index in [1.807, 2.05) is 35.9 Å². The van der Waals surface area contributed by atoms with E-state index < -0.39 is 0 Å². The number of rotatable bonds is 3. The van der Waals surface area contributed by atoms with Gasteiger partial charge in [-0.15, -0.1) is 10.2 Å². The predicted octanol–water partition coefficient (Wildman–Crippen LogP) is 2.20. The second-order valence-corrected chi connectivity index (χ2v) is 5.28. The first-order valence-corrected chi connectivity index (χ1v) is 6.85. The number of aromatic nitrogens is 4. The number of carbonyl (C=O) groups is 1. The van der Waals surface area contributed by atoms with Gasteiger partial charge in [-0.2, -0.15) is 0 Å². The van der Waals surface area contributed by atoms with Gasteiger partial charge in [0.25, 0.3) is 0 Å². The molecule has 0 saturated heterocycles. The van der Waals surface area contributed by atoms with Crippen LogP contribution >= 0.6 is 11.8 Å². The Kier molecular flexibility index (Phi) is 2.94. The monoisotopic (exact) mass is 272 g/mol. The van der Waals surface area contributed by atoms with Crippen molar-refractivity contribution in [3.63, 3.8) is 0 Å². The summed E-state index contributed by atoms with van der Waals surface area (Å²) >= 11 is 1.31.